The summed E-state index contributed by atoms with van der Waals surface area (Å²) in [5.41, 5.74) is 8.08. The number of carbonyl (C=O) groups excluding carboxylic acids is 2. The third kappa shape index (κ3) is 7.39. The molecule has 11 heteroatoms. The molecule has 1 aliphatic rings. The molecule has 0 aromatic heterocycles. The Morgan fingerprint density at radius 1 is 1.18 bits per heavy atom. The van der Waals surface area contributed by atoms with Crippen molar-refractivity contribution in [2.75, 3.05) is 31.3 Å². The van der Waals surface area contributed by atoms with Crippen molar-refractivity contribution in [3.8, 4) is 0 Å². The third-order valence-electron chi connectivity index (χ3n) is 5.67. The lowest BCUT2D eigenvalue weighted by molar-refractivity contribution is 0.0920. The molecule has 0 saturated carbocycles. The number of carbonyl (C=O) groups is 2. The van der Waals surface area contributed by atoms with Crippen LogP contribution in [0.4, 0.5) is 15.3 Å². The number of benzene rings is 1. The first-order valence-corrected chi connectivity index (χ1v) is 13.3. The summed E-state index contributed by atoms with van der Waals surface area (Å²) >= 11 is 0. The van der Waals surface area contributed by atoms with Crippen molar-refractivity contribution in [2.24, 2.45) is 5.73 Å². The third-order valence-corrected chi connectivity index (χ3v) is 6.87. The fraction of sp³-hybridized carbons (Fsp3) is 0.259. The summed E-state index contributed by atoms with van der Waals surface area (Å²) in [5.74, 6) is 0.0914. The van der Waals surface area contributed by atoms with Gasteiger partial charge in [0.15, 0.2) is 0 Å². The topological polar surface area (TPSA) is 122 Å². The van der Waals surface area contributed by atoms with Gasteiger partial charge in [0, 0.05) is 19.2 Å². The van der Waals surface area contributed by atoms with Gasteiger partial charge in [0.05, 0.1) is 43.0 Å². The molecular weight excluding hydrogens is 508 g/mol. The Balaban J connectivity index is 2.41. The molecule has 2 rings (SSSR count). The van der Waals surface area contributed by atoms with Crippen LogP contribution in [0.2, 0.25) is 0 Å². The Hall–Kier alpha value is -4.25. The Labute approximate surface area is 224 Å². The molecule has 0 bridgehead atoms. The number of allylic oxidation sites excluding steroid dienone is 4. The maximum Gasteiger partial charge on any atom is 0.419 e. The van der Waals surface area contributed by atoms with E-state index in [4.69, 9.17) is 15.2 Å². The first-order chi connectivity index (χ1) is 17.7. The number of amides is 2. The number of methoxy groups -OCH3 is 1. The van der Waals surface area contributed by atoms with E-state index >= 15 is 0 Å². The zero-order chi connectivity index (χ0) is 28.8. The molecule has 10 nitrogen and oxygen atoms in total. The van der Waals surface area contributed by atoms with E-state index in [0.717, 1.165) is 10.6 Å². The summed E-state index contributed by atoms with van der Waals surface area (Å²) in [5, 5.41) is 0. The minimum atomic E-state index is -3.42. The van der Waals surface area contributed by atoms with Crippen LogP contribution in [0.15, 0.2) is 91.7 Å². The number of piperazine rings is 1. The molecule has 1 aromatic rings. The van der Waals surface area contributed by atoms with Crippen LogP contribution in [-0.2, 0) is 19.5 Å². The van der Waals surface area contributed by atoms with Crippen molar-refractivity contribution in [1.82, 2.24) is 9.80 Å². The van der Waals surface area contributed by atoms with Gasteiger partial charge in [-0.1, -0.05) is 44.5 Å². The second-order valence-corrected chi connectivity index (χ2v) is 10.7. The highest BCUT2D eigenvalue weighted by atomic mass is 32.2. The van der Waals surface area contributed by atoms with Gasteiger partial charge in [0.2, 0.25) is 10.0 Å². The highest BCUT2D eigenvalue weighted by Gasteiger charge is 2.38. The SMILES string of the molecule is C=C(N)C/C=C\C(=C)OC(=O)N1CC(C)N(C(=O)OC)C(=C)/C1=C\C(=C)c1ccc(N(C)S(C)(=O)=O)cc1. The number of rotatable bonds is 8. The largest absolute Gasteiger partial charge is 0.452 e. The fourth-order valence-corrected chi connectivity index (χ4v) is 4.08. The number of hydrogen-bond donors (Lipinski definition) is 1. The quantitative estimate of drug-likeness (QED) is 0.383. The van der Waals surface area contributed by atoms with Crippen LogP contribution in [0.5, 0.6) is 0 Å². The molecule has 1 unspecified atom stereocenters. The van der Waals surface area contributed by atoms with E-state index in [2.05, 4.69) is 26.3 Å². The Morgan fingerprint density at radius 2 is 1.79 bits per heavy atom. The fourth-order valence-electron chi connectivity index (χ4n) is 3.58. The maximum atomic E-state index is 13.1. The van der Waals surface area contributed by atoms with Crippen molar-refractivity contribution >= 4 is 33.5 Å². The van der Waals surface area contributed by atoms with Gasteiger partial charge in [-0.3, -0.25) is 14.1 Å². The number of anilines is 1. The van der Waals surface area contributed by atoms with E-state index < -0.39 is 28.3 Å². The molecule has 0 aliphatic carbocycles. The number of sulfonamides is 1. The predicted molar refractivity (Wildman–Crippen MR) is 149 cm³/mol. The smallest absolute Gasteiger partial charge is 0.419 e. The molecule has 1 saturated heterocycles. The number of nitrogens with zero attached hydrogens (tertiary/aromatic N) is 3. The normalized spacial score (nSPS) is 16.9. The lowest BCUT2D eigenvalue weighted by atomic mass is 10.0. The van der Waals surface area contributed by atoms with Crippen LogP contribution in [0.25, 0.3) is 5.57 Å². The molecule has 2 amide bonds. The van der Waals surface area contributed by atoms with Crippen LogP contribution in [0, 0.1) is 0 Å². The molecule has 0 radical (unpaired) electrons. The molecule has 1 aromatic carbocycles. The molecule has 38 heavy (non-hydrogen) atoms. The monoisotopic (exact) mass is 542 g/mol. The van der Waals surface area contributed by atoms with Crippen molar-refractivity contribution in [3.63, 3.8) is 0 Å². The molecule has 1 atom stereocenters. The van der Waals surface area contributed by atoms with E-state index in [1.54, 1.807) is 43.3 Å². The van der Waals surface area contributed by atoms with Gasteiger partial charge in [0.1, 0.15) is 5.76 Å². The van der Waals surface area contributed by atoms with Crippen molar-refractivity contribution in [3.05, 3.63) is 97.2 Å². The van der Waals surface area contributed by atoms with Crippen LogP contribution in [0.3, 0.4) is 0 Å². The average molecular weight is 543 g/mol. The Bertz CT molecular complexity index is 1310. The summed E-state index contributed by atoms with van der Waals surface area (Å²) < 4.78 is 35.1. The lowest BCUT2D eigenvalue weighted by Crippen LogP contribution is -2.52. The van der Waals surface area contributed by atoms with E-state index in [0.29, 0.717) is 28.9 Å². The van der Waals surface area contributed by atoms with Gasteiger partial charge in [-0.2, -0.15) is 0 Å². The summed E-state index contributed by atoms with van der Waals surface area (Å²) in [6.45, 7) is 17.3. The van der Waals surface area contributed by atoms with E-state index in [1.165, 1.54) is 30.0 Å². The van der Waals surface area contributed by atoms with Gasteiger partial charge < -0.3 is 15.2 Å². The van der Waals surface area contributed by atoms with Crippen LogP contribution < -0.4 is 10.0 Å². The van der Waals surface area contributed by atoms with Crippen LogP contribution in [-0.4, -0.2) is 63.4 Å². The maximum absolute atomic E-state index is 13.1. The van der Waals surface area contributed by atoms with E-state index in [1.807, 2.05) is 0 Å². The van der Waals surface area contributed by atoms with Crippen LogP contribution in [0.1, 0.15) is 18.9 Å². The zero-order valence-electron chi connectivity index (χ0n) is 22.1. The summed E-state index contributed by atoms with van der Waals surface area (Å²) in [7, 11) is -0.711. The second kappa shape index (κ2) is 12.3. The Morgan fingerprint density at radius 3 is 2.32 bits per heavy atom. The molecule has 2 N–H and O–H groups in total. The Kier molecular flexibility index (Phi) is 9.72. The molecule has 1 aliphatic heterocycles. The van der Waals surface area contributed by atoms with Crippen molar-refractivity contribution in [2.45, 2.75) is 19.4 Å². The zero-order valence-corrected chi connectivity index (χ0v) is 23.0. The highest BCUT2D eigenvalue weighted by Crippen LogP contribution is 2.31. The molecule has 204 valence electrons. The summed E-state index contributed by atoms with van der Waals surface area (Å²) in [6, 6.07) is 6.20. The molecule has 1 fully saturated rings. The van der Waals surface area contributed by atoms with Gasteiger partial charge in [-0.25, -0.2) is 18.0 Å². The first kappa shape index (κ1) is 30.0. The standard InChI is InChI=1S/C27H34N4O6S/c1-18(23-12-14-24(15-13-23)29(6)38(8,34)35)16-25-22(5)31(27(33)36-7)20(3)17-30(25)26(32)37-21(4)11-9-10-19(2)28/h9,11-16,20H,1-2,4-5,10,17,28H2,3,6-8H3/b11-9-,25-16+. The minimum absolute atomic E-state index is 0.0841. The minimum Gasteiger partial charge on any atom is -0.452 e. The summed E-state index contributed by atoms with van der Waals surface area (Å²) in [4.78, 5) is 28.3. The van der Waals surface area contributed by atoms with Gasteiger partial charge >= 0.3 is 12.2 Å². The van der Waals surface area contributed by atoms with Crippen molar-refractivity contribution < 1.29 is 27.5 Å². The van der Waals surface area contributed by atoms with Crippen LogP contribution >= 0.6 is 0 Å². The van der Waals surface area contributed by atoms with Gasteiger partial charge in [-0.05, 0) is 42.3 Å². The summed E-state index contributed by atoms with van der Waals surface area (Å²) in [6.07, 6.45) is 4.92. The van der Waals surface area contributed by atoms with E-state index in [-0.39, 0.29) is 23.7 Å². The number of nitrogens with two attached hydrogens (primary N) is 1. The molecular formula is C27H34N4O6S. The first-order valence-electron chi connectivity index (χ1n) is 11.5. The molecule has 0 spiro atoms. The number of hydrogen-bond acceptors (Lipinski definition) is 7. The molecule has 1 heterocycles. The predicted octanol–water partition coefficient (Wildman–Crippen LogP) is 4.33. The van der Waals surface area contributed by atoms with Gasteiger partial charge in [0.25, 0.3) is 0 Å². The highest BCUT2D eigenvalue weighted by molar-refractivity contribution is 7.92. The van der Waals surface area contributed by atoms with E-state index in [9.17, 15) is 18.0 Å². The average Bonchev–Trinajstić information content (AvgIpc) is 2.84. The van der Waals surface area contributed by atoms with Crippen molar-refractivity contribution in [1.29, 1.82) is 0 Å². The lowest BCUT2D eigenvalue weighted by Gasteiger charge is -2.41. The van der Waals surface area contributed by atoms with Gasteiger partial charge in [-0.15, -0.1) is 0 Å². The second-order valence-electron chi connectivity index (χ2n) is 8.68. The number of ether oxygens (including phenoxy) is 2.